The number of hydrogen-bond acceptors (Lipinski definition) is 21. The number of methoxy groups -OCH3 is 1. The second-order valence-electron chi connectivity index (χ2n) is 16.9. The fourth-order valence-corrected chi connectivity index (χ4v) is 9.00. The summed E-state index contributed by atoms with van der Waals surface area (Å²) in [5.74, 6) is -5.15. The lowest BCUT2D eigenvalue weighted by Gasteiger charge is -2.50. The monoisotopic (exact) mass is 933 g/mol. The molecule has 5 rings (SSSR count). The highest BCUT2D eigenvalue weighted by molar-refractivity contribution is 5.73. The standard InChI is InChI=1S/C37H59N9O19/c1-12-13(2)21(41-44-38)34(57-18(12)8-47)61-27-14(3)15(4)32(64-30(27)31(53)54)63-29-20(10-49)59-35(23(25(29)52)43-46-40)62-28-17(6)24(51)36(65-37(28)56-11-50)60-26-16(5)22(42-45-39)33(55-7)58-19(26)9-48/h11-30,32-37,47-49,51-52H,8-10H2,1-7H3,(H,53,54)/t12-,13-,14+,15?,16+,17+,18-,19?,20?,21?,22?,23?,24?,25+,26-,27-,28-,29+,30+,32+,33-,34+,35+,36+,37?/m0/s1. The van der Waals surface area contributed by atoms with Gasteiger partial charge in [-0.15, -0.1) is 0 Å². The van der Waals surface area contributed by atoms with Crippen molar-refractivity contribution in [1.29, 1.82) is 0 Å². The van der Waals surface area contributed by atoms with Crippen LogP contribution in [0, 0.1) is 35.5 Å². The highest BCUT2D eigenvalue weighted by Gasteiger charge is 2.56. The molecule has 25 atom stereocenters. The first-order valence-electron chi connectivity index (χ1n) is 21.1. The van der Waals surface area contributed by atoms with E-state index in [4.69, 9.17) is 57.6 Å². The van der Waals surface area contributed by atoms with E-state index in [-0.39, 0.29) is 24.9 Å². The zero-order valence-corrected chi connectivity index (χ0v) is 36.6. The Kier molecular flexibility index (Phi) is 18.7. The average Bonchev–Trinajstić information content (AvgIpc) is 3.29. The molecular weight excluding hydrogens is 874 g/mol. The van der Waals surface area contributed by atoms with Crippen molar-refractivity contribution in [2.75, 3.05) is 26.9 Å². The molecule has 0 aromatic carbocycles. The molecule has 5 aliphatic rings. The van der Waals surface area contributed by atoms with Crippen LogP contribution in [0.1, 0.15) is 41.5 Å². The first kappa shape index (κ1) is 52.2. The van der Waals surface area contributed by atoms with Crippen LogP contribution < -0.4 is 0 Å². The van der Waals surface area contributed by atoms with Crippen molar-refractivity contribution in [2.45, 2.75) is 158 Å². The predicted molar refractivity (Wildman–Crippen MR) is 212 cm³/mol. The Balaban J connectivity index is 1.32. The molecule has 5 heterocycles. The number of carboxylic acids is 1. The number of nitrogens with zero attached hydrogens (tertiary/aromatic N) is 9. The Morgan fingerprint density at radius 1 is 0.554 bits per heavy atom. The summed E-state index contributed by atoms with van der Waals surface area (Å²) in [4.78, 5) is 33.1. The van der Waals surface area contributed by atoms with Gasteiger partial charge in [-0.2, -0.15) is 0 Å². The predicted octanol–water partition coefficient (Wildman–Crippen LogP) is 0.565. The van der Waals surface area contributed by atoms with E-state index in [0.717, 1.165) is 0 Å². The van der Waals surface area contributed by atoms with Gasteiger partial charge in [0.1, 0.15) is 42.7 Å². The highest BCUT2D eigenvalue weighted by atomic mass is 16.8. The maximum Gasteiger partial charge on any atom is 0.335 e. The van der Waals surface area contributed by atoms with Gasteiger partial charge in [0.15, 0.2) is 37.6 Å². The van der Waals surface area contributed by atoms with Gasteiger partial charge in [0.05, 0.1) is 50.2 Å². The molecule has 5 fully saturated rings. The van der Waals surface area contributed by atoms with Gasteiger partial charge in [0.2, 0.25) is 6.29 Å². The Morgan fingerprint density at radius 3 is 1.63 bits per heavy atom. The lowest BCUT2D eigenvalue weighted by molar-refractivity contribution is -0.385. The molecule has 0 bridgehead atoms. The smallest absolute Gasteiger partial charge is 0.335 e. The normalized spacial score (nSPS) is 46.7. The number of ether oxygens (including phenoxy) is 11. The number of aliphatic carboxylic acids is 1. The summed E-state index contributed by atoms with van der Waals surface area (Å²) in [6, 6.07) is -3.47. The van der Waals surface area contributed by atoms with Crippen LogP contribution in [0.25, 0.3) is 31.3 Å². The Morgan fingerprint density at radius 2 is 1.06 bits per heavy atom. The Labute approximate surface area is 372 Å². The molecule has 5 aliphatic heterocycles. The number of carbonyl (C=O) groups excluding carboxylic acids is 1. The molecule has 0 saturated carbocycles. The van der Waals surface area contributed by atoms with E-state index in [1.54, 1.807) is 27.7 Å². The van der Waals surface area contributed by atoms with Gasteiger partial charge in [-0.3, -0.25) is 4.79 Å². The quantitative estimate of drug-likeness (QED) is 0.0473. The van der Waals surface area contributed by atoms with Gasteiger partial charge in [-0.05, 0) is 40.3 Å². The van der Waals surface area contributed by atoms with Gasteiger partial charge in [-0.1, -0.05) is 56.9 Å². The van der Waals surface area contributed by atoms with Crippen molar-refractivity contribution >= 4 is 12.4 Å². The molecule has 8 unspecified atom stereocenters. The van der Waals surface area contributed by atoms with E-state index in [2.05, 4.69) is 30.1 Å². The molecule has 5 saturated heterocycles. The van der Waals surface area contributed by atoms with E-state index in [1.807, 2.05) is 6.92 Å². The van der Waals surface area contributed by atoms with Gasteiger partial charge >= 0.3 is 5.97 Å². The lowest BCUT2D eigenvalue weighted by atomic mass is 9.81. The summed E-state index contributed by atoms with van der Waals surface area (Å²) in [5.41, 5.74) is 28.0. The van der Waals surface area contributed by atoms with Crippen molar-refractivity contribution < 1.29 is 92.3 Å². The highest BCUT2D eigenvalue weighted by Crippen LogP contribution is 2.42. The summed E-state index contributed by atoms with van der Waals surface area (Å²) in [5, 5.41) is 75.5. The summed E-state index contributed by atoms with van der Waals surface area (Å²) in [6.45, 7) is 8.29. The molecule has 0 aromatic rings. The molecule has 65 heavy (non-hydrogen) atoms. The SMILES string of the molecule is CO[C@H]1OC(CO)[C@@H](O[C@@H]2OC(OC=O)[C@@H](O[C@H]3OC(CO)[C@@H](O[C@@H]4O[C@@H](C(=O)O)[C@@H](O[C@H]5O[C@@H](CO)[C@@H](C)[C@H](C)C5N=[N+]=[N-])[C@H](C)C4C)[C@H](O)C3N=[N+]=[N-])[C@H](C)C2O)[C@H](C)C1N=[N+]=[N-]. The van der Waals surface area contributed by atoms with Crippen LogP contribution in [0.3, 0.4) is 0 Å². The maximum absolute atomic E-state index is 12.7. The fraction of sp³-hybridized carbons (Fsp3) is 0.946. The van der Waals surface area contributed by atoms with Gasteiger partial charge in [0.25, 0.3) is 6.47 Å². The van der Waals surface area contributed by atoms with Crippen molar-refractivity contribution in [2.24, 2.45) is 50.9 Å². The first-order chi connectivity index (χ1) is 31.0. The first-order valence-corrected chi connectivity index (χ1v) is 21.1. The third kappa shape index (κ3) is 11.0. The summed E-state index contributed by atoms with van der Waals surface area (Å²) < 4.78 is 64.7. The zero-order valence-electron chi connectivity index (χ0n) is 36.6. The van der Waals surface area contributed by atoms with E-state index >= 15 is 0 Å². The van der Waals surface area contributed by atoms with Gasteiger partial charge in [-0.25, -0.2) is 4.79 Å². The van der Waals surface area contributed by atoms with E-state index in [9.17, 15) is 51.3 Å². The summed E-state index contributed by atoms with van der Waals surface area (Å²) >= 11 is 0. The molecule has 0 aliphatic carbocycles. The molecule has 28 heteroatoms. The van der Waals surface area contributed by atoms with Crippen LogP contribution >= 0.6 is 0 Å². The minimum Gasteiger partial charge on any atom is -0.479 e. The number of carboxylic acid groups (broad SMARTS) is 1. The molecule has 0 radical (unpaired) electrons. The molecule has 366 valence electrons. The average molecular weight is 934 g/mol. The van der Waals surface area contributed by atoms with Crippen LogP contribution in [0.2, 0.25) is 0 Å². The van der Waals surface area contributed by atoms with Gasteiger partial charge in [0, 0.05) is 33.7 Å². The van der Waals surface area contributed by atoms with Crippen molar-refractivity contribution in [3.8, 4) is 0 Å². The third-order valence-electron chi connectivity index (χ3n) is 13.3. The molecule has 0 spiro atoms. The number of carbonyl (C=O) groups is 2. The minimum atomic E-state index is -1.83. The summed E-state index contributed by atoms with van der Waals surface area (Å²) in [7, 11) is 1.32. The van der Waals surface area contributed by atoms with Crippen molar-refractivity contribution in [3.05, 3.63) is 31.3 Å². The molecule has 28 nitrogen and oxygen atoms in total. The lowest BCUT2D eigenvalue weighted by Crippen LogP contribution is -2.65. The molecule has 0 amide bonds. The van der Waals surface area contributed by atoms with Crippen LogP contribution in [0.15, 0.2) is 15.3 Å². The number of hydrogen-bond donors (Lipinski definition) is 6. The third-order valence-corrected chi connectivity index (χ3v) is 13.3. The van der Waals surface area contributed by atoms with E-state index in [0.29, 0.717) is 0 Å². The van der Waals surface area contributed by atoms with Crippen molar-refractivity contribution in [3.63, 3.8) is 0 Å². The second-order valence-corrected chi connectivity index (χ2v) is 16.9. The van der Waals surface area contributed by atoms with Crippen LogP contribution in [-0.4, -0.2) is 187 Å². The van der Waals surface area contributed by atoms with Gasteiger partial charge < -0.3 is 82.7 Å². The van der Waals surface area contributed by atoms with Crippen LogP contribution in [0.5, 0.6) is 0 Å². The van der Waals surface area contributed by atoms with Crippen LogP contribution in [0.4, 0.5) is 0 Å². The fourth-order valence-electron chi connectivity index (χ4n) is 9.00. The topological polar surface area (TPSA) is 403 Å². The minimum absolute atomic E-state index is 0.0357. The van der Waals surface area contributed by atoms with Crippen LogP contribution in [-0.2, 0) is 61.7 Å². The molecular formula is C37H59N9O19. The largest absolute Gasteiger partial charge is 0.479 e. The zero-order chi connectivity index (χ0) is 47.9. The maximum atomic E-state index is 12.7. The van der Waals surface area contributed by atoms with E-state index < -0.39 is 160 Å². The molecule has 0 aromatic heterocycles. The van der Waals surface area contributed by atoms with Crippen molar-refractivity contribution in [1.82, 2.24) is 0 Å². The second kappa shape index (κ2) is 23.3. The number of aliphatic hydroxyl groups is 5. The number of azide groups is 3. The van der Waals surface area contributed by atoms with E-state index in [1.165, 1.54) is 14.0 Å². The molecule has 6 N–H and O–H groups in total. The Bertz CT molecular complexity index is 1740. The number of rotatable bonds is 18. The number of aliphatic hydroxyl groups excluding tert-OH is 5. The Hall–Kier alpha value is -3.73. The summed E-state index contributed by atoms with van der Waals surface area (Å²) in [6.07, 6.45) is -22.2.